The van der Waals surface area contributed by atoms with Gasteiger partial charge in [0.1, 0.15) is 12.7 Å². The van der Waals surface area contributed by atoms with E-state index in [2.05, 4.69) is 5.32 Å². The number of aliphatic hydroxyl groups is 1. The fourth-order valence-corrected chi connectivity index (χ4v) is 1.80. The number of hydrogen-bond acceptors (Lipinski definition) is 4. The van der Waals surface area contributed by atoms with Gasteiger partial charge in [0.25, 0.3) is 0 Å². The molecule has 0 heterocycles. The molecule has 0 fully saturated rings. The molecule has 1 unspecified atom stereocenters. The number of nitrogens with one attached hydrogen (secondary N) is 1. The molecule has 0 spiro atoms. The highest BCUT2D eigenvalue weighted by molar-refractivity contribution is 5.89. The first-order chi connectivity index (χ1) is 10.1. The van der Waals surface area contributed by atoms with E-state index in [1.807, 2.05) is 37.3 Å². The van der Waals surface area contributed by atoms with Crippen molar-refractivity contribution in [1.29, 1.82) is 0 Å². The van der Waals surface area contributed by atoms with Crippen LogP contribution in [0.5, 0.6) is 0 Å². The van der Waals surface area contributed by atoms with Crippen molar-refractivity contribution >= 4 is 11.7 Å². The Bertz CT molecular complexity index is 566. The Morgan fingerprint density at radius 2 is 1.81 bits per heavy atom. The Hall–Kier alpha value is -2.33. The summed E-state index contributed by atoms with van der Waals surface area (Å²) in [6.45, 7) is 2.30. The summed E-state index contributed by atoms with van der Waals surface area (Å²) in [5.74, 6) is -0.426. The molecule has 0 amide bonds. The standard InChI is InChI=1S/C17H19NO3/c1-13-7-9-15(10-8-13)18-11-16(19)12-21-17(20)14-5-3-2-4-6-14/h2-10,16,18-19H,11-12H2,1H3. The van der Waals surface area contributed by atoms with Gasteiger partial charge in [0.2, 0.25) is 0 Å². The lowest BCUT2D eigenvalue weighted by molar-refractivity contribution is 0.0285. The summed E-state index contributed by atoms with van der Waals surface area (Å²) in [7, 11) is 0. The van der Waals surface area contributed by atoms with Crippen molar-refractivity contribution in [2.24, 2.45) is 0 Å². The van der Waals surface area contributed by atoms with E-state index in [0.717, 1.165) is 5.69 Å². The van der Waals surface area contributed by atoms with Crippen molar-refractivity contribution in [2.45, 2.75) is 13.0 Å². The minimum atomic E-state index is -0.751. The Labute approximate surface area is 124 Å². The molecule has 21 heavy (non-hydrogen) atoms. The van der Waals surface area contributed by atoms with Gasteiger partial charge in [-0.3, -0.25) is 0 Å². The van der Waals surface area contributed by atoms with Gasteiger partial charge < -0.3 is 15.2 Å². The van der Waals surface area contributed by atoms with E-state index < -0.39 is 12.1 Å². The van der Waals surface area contributed by atoms with Crippen LogP contribution in [0.2, 0.25) is 0 Å². The van der Waals surface area contributed by atoms with Crippen LogP contribution in [-0.4, -0.2) is 30.3 Å². The highest BCUT2D eigenvalue weighted by Crippen LogP contribution is 2.08. The first-order valence-corrected chi connectivity index (χ1v) is 6.86. The zero-order valence-electron chi connectivity index (χ0n) is 12.0. The molecule has 0 saturated carbocycles. The smallest absolute Gasteiger partial charge is 0.338 e. The highest BCUT2D eigenvalue weighted by atomic mass is 16.5. The lowest BCUT2D eigenvalue weighted by Crippen LogP contribution is -2.26. The molecule has 4 heteroatoms. The van der Waals surface area contributed by atoms with Crippen LogP contribution >= 0.6 is 0 Å². The van der Waals surface area contributed by atoms with E-state index in [1.165, 1.54) is 5.56 Å². The summed E-state index contributed by atoms with van der Waals surface area (Å²) in [6, 6.07) is 16.6. The van der Waals surface area contributed by atoms with Crippen LogP contribution in [0.4, 0.5) is 5.69 Å². The van der Waals surface area contributed by atoms with E-state index in [0.29, 0.717) is 12.1 Å². The summed E-state index contributed by atoms with van der Waals surface area (Å²) in [6.07, 6.45) is -0.751. The molecule has 110 valence electrons. The van der Waals surface area contributed by atoms with Gasteiger partial charge in [0.05, 0.1) is 5.56 Å². The third-order valence-corrected chi connectivity index (χ3v) is 3.01. The van der Waals surface area contributed by atoms with Crippen LogP contribution in [0.25, 0.3) is 0 Å². The summed E-state index contributed by atoms with van der Waals surface area (Å²) in [5.41, 5.74) is 2.59. The molecule has 0 aromatic heterocycles. The lowest BCUT2D eigenvalue weighted by atomic mass is 10.2. The van der Waals surface area contributed by atoms with E-state index in [4.69, 9.17) is 4.74 Å². The van der Waals surface area contributed by atoms with Crippen molar-refractivity contribution in [1.82, 2.24) is 0 Å². The summed E-state index contributed by atoms with van der Waals surface area (Å²) < 4.78 is 5.07. The van der Waals surface area contributed by atoms with Gasteiger partial charge in [-0.25, -0.2) is 4.79 Å². The van der Waals surface area contributed by atoms with Crippen LogP contribution in [-0.2, 0) is 4.74 Å². The summed E-state index contributed by atoms with van der Waals surface area (Å²) in [5, 5.41) is 12.9. The van der Waals surface area contributed by atoms with Crippen LogP contribution in [0, 0.1) is 6.92 Å². The summed E-state index contributed by atoms with van der Waals surface area (Å²) >= 11 is 0. The zero-order valence-corrected chi connectivity index (χ0v) is 12.0. The zero-order chi connectivity index (χ0) is 15.1. The molecular weight excluding hydrogens is 266 g/mol. The number of aryl methyl sites for hydroxylation is 1. The molecule has 0 saturated heterocycles. The number of rotatable bonds is 6. The number of benzene rings is 2. The normalized spacial score (nSPS) is 11.7. The minimum absolute atomic E-state index is 0.0351. The van der Waals surface area contributed by atoms with Crippen LogP contribution in [0.1, 0.15) is 15.9 Å². The largest absolute Gasteiger partial charge is 0.459 e. The fourth-order valence-electron chi connectivity index (χ4n) is 1.80. The molecule has 2 rings (SSSR count). The predicted molar refractivity (Wildman–Crippen MR) is 82.4 cm³/mol. The molecule has 2 aromatic rings. The van der Waals surface area contributed by atoms with Crippen molar-refractivity contribution in [2.75, 3.05) is 18.5 Å². The maximum Gasteiger partial charge on any atom is 0.338 e. The molecule has 0 aliphatic carbocycles. The molecular formula is C17H19NO3. The SMILES string of the molecule is Cc1ccc(NCC(O)COC(=O)c2ccccc2)cc1. The Morgan fingerprint density at radius 3 is 2.48 bits per heavy atom. The van der Waals surface area contributed by atoms with Crippen molar-refractivity contribution in [3.63, 3.8) is 0 Å². The van der Waals surface area contributed by atoms with Gasteiger partial charge in [-0.2, -0.15) is 0 Å². The Morgan fingerprint density at radius 1 is 1.14 bits per heavy atom. The number of esters is 1. The second kappa shape index (κ2) is 7.45. The van der Waals surface area contributed by atoms with Crippen LogP contribution < -0.4 is 5.32 Å². The minimum Gasteiger partial charge on any atom is -0.459 e. The number of ether oxygens (including phenoxy) is 1. The second-order valence-corrected chi connectivity index (χ2v) is 4.87. The van der Waals surface area contributed by atoms with E-state index in [-0.39, 0.29) is 6.61 Å². The molecule has 0 aliphatic heterocycles. The van der Waals surface area contributed by atoms with E-state index >= 15 is 0 Å². The number of anilines is 1. The lowest BCUT2D eigenvalue weighted by Gasteiger charge is -2.13. The molecule has 0 bridgehead atoms. The number of carbonyl (C=O) groups is 1. The van der Waals surface area contributed by atoms with Crippen molar-refractivity contribution < 1.29 is 14.6 Å². The van der Waals surface area contributed by atoms with Crippen LogP contribution in [0.3, 0.4) is 0 Å². The van der Waals surface area contributed by atoms with E-state index in [1.54, 1.807) is 24.3 Å². The monoisotopic (exact) mass is 285 g/mol. The van der Waals surface area contributed by atoms with Gasteiger partial charge in [-0.1, -0.05) is 35.9 Å². The molecule has 0 aliphatic rings. The van der Waals surface area contributed by atoms with Crippen molar-refractivity contribution in [3.8, 4) is 0 Å². The van der Waals surface area contributed by atoms with Crippen molar-refractivity contribution in [3.05, 3.63) is 65.7 Å². The molecule has 4 nitrogen and oxygen atoms in total. The maximum atomic E-state index is 11.7. The highest BCUT2D eigenvalue weighted by Gasteiger charge is 2.10. The van der Waals surface area contributed by atoms with Gasteiger partial charge in [0.15, 0.2) is 0 Å². The second-order valence-electron chi connectivity index (χ2n) is 4.87. The number of aliphatic hydroxyl groups excluding tert-OH is 1. The predicted octanol–water partition coefficient (Wildman–Crippen LogP) is 2.62. The first kappa shape index (κ1) is 15.1. The van der Waals surface area contributed by atoms with Crippen LogP contribution in [0.15, 0.2) is 54.6 Å². The van der Waals surface area contributed by atoms with Gasteiger partial charge in [-0.05, 0) is 31.2 Å². The third-order valence-electron chi connectivity index (χ3n) is 3.01. The average molecular weight is 285 g/mol. The number of carbonyl (C=O) groups excluding carboxylic acids is 1. The average Bonchev–Trinajstić information content (AvgIpc) is 2.53. The maximum absolute atomic E-state index is 11.7. The third kappa shape index (κ3) is 4.93. The Balaban J connectivity index is 1.73. The van der Waals surface area contributed by atoms with Gasteiger partial charge in [0, 0.05) is 12.2 Å². The Kier molecular flexibility index (Phi) is 5.35. The summed E-state index contributed by atoms with van der Waals surface area (Å²) in [4.78, 5) is 11.7. The molecule has 2 N–H and O–H groups in total. The topological polar surface area (TPSA) is 58.6 Å². The molecule has 1 atom stereocenters. The van der Waals surface area contributed by atoms with E-state index in [9.17, 15) is 9.90 Å². The fraction of sp³-hybridized carbons (Fsp3) is 0.235. The molecule has 0 radical (unpaired) electrons. The first-order valence-electron chi connectivity index (χ1n) is 6.86. The van der Waals surface area contributed by atoms with Gasteiger partial charge in [-0.15, -0.1) is 0 Å². The molecule has 2 aromatic carbocycles. The van der Waals surface area contributed by atoms with Gasteiger partial charge >= 0.3 is 5.97 Å². The number of hydrogen-bond donors (Lipinski definition) is 2. The quantitative estimate of drug-likeness (QED) is 0.801.